The largest absolute Gasteiger partial charge is 0.350 e. The molecular weight excluding hydrogens is 320 g/mol. The Bertz CT molecular complexity index is 856. The van der Waals surface area contributed by atoms with Crippen molar-refractivity contribution in [2.24, 2.45) is 17.8 Å². The monoisotopic (exact) mass is 344 g/mol. The van der Waals surface area contributed by atoms with Gasteiger partial charge in [-0.3, -0.25) is 4.57 Å². The zero-order valence-corrected chi connectivity index (χ0v) is 15.2. The van der Waals surface area contributed by atoms with Gasteiger partial charge in [-0.25, -0.2) is 9.78 Å². The Morgan fingerprint density at radius 2 is 2.00 bits per heavy atom. The Kier molecular flexibility index (Phi) is 3.19. The van der Waals surface area contributed by atoms with E-state index in [4.69, 9.17) is 4.98 Å². The third-order valence-corrected chi connectivity index (χ3v) is 7.37. The second-order valence-corrected chi connectivity index (χ2v) is 8.83. The van der Waals surface area contributed by atoms with Gasteiger partial charge in [-0.15, -0.1) is 11.8 Å². The summed E-state index contributed by atoms with van der Waals surface area (Å²) in [4.78, 5) is 25.3. The van der Waals surface area contributed by atoms with Gasteiger partial charge < -0.3 is 4.98 Å². The van der Waals surface area contributed by atoms with E-state index < -0.39 is 0 Å². The predicted molar refractivity (Wildman–Crippen MR) is 95.5 cm³/mol. The van der Waals surface area contributed by atoms with Gasteiger partial charge in [0, 0.05) is 12.0 Å². The zero-order valence-electron chi connectivity index (χ0n) is 14.3. The van der Waals surface area contributed by atoms with Crippen LogP contribution in [0.1, 0.15) is 51.3 Å². The molecule has 2 aromatic rings. The highest BCUT2D eigenvalue weighted by atomic mass is 32.2. The Balaban J connectivity index is 1.71. The van der Waals surface area contributed by atoms with E-state index in [-0.39, 0.29) is 11.1 Å². The second-order valence-electron chi connectivity index (χ2n) is 8.04. The quantitative estimate of drug-likeness (QED) is 0.682. The van der Waals surface area contributed by atoms with Gasteiger partial charge in [0.25, 0.3) is 0 Å². The molecule has 4 saturated carbocycles. The van der Waals surface area contributed by atoms with E-state index in [2.05, 4.69) is 16.9 Å². The summed E-state index contributed by atoms with van der Waals surface area (Å²) in [5.74, 6) is 3.72. The van der Waals surface area contributed by atoms with E-state index in [1.165, 1.54) is 43.9 Å². The van der Waals surface area contributed by atoms with Crippen LogP contribution in [-0.2, 0) is 12.0 Å². The van der Waals surface area contributed by atoms with Gasteiger partial charge in [0.05, 0.1) is 0 Å². The smallest absolute Gasteiger partial charge is 0.338 e. The van der Waals surface area contributed by atoms with Gasteiger partial charge in [0.1, 0.15) is 16.4 Å². The van der Waals surface area contributed by atoms with Crippen LogP contribution in [0.3, 0.4) is 0 Å². The molecule has 1 N–H and O–H groups in total. The summed E-state index contributed by atoms with van der Waals surface area (Å²) < 4.78 is 1.76. The van der Waals surface area contributed by atoms with Crippen molar-refractivity contribution in [1.29, 1.82) is 0 Å². The molecule has 128 valence electrons. The molecule has 2 unspecified atom stereocenters. The Morgan fingerprint density at radius 3 is 2.67 bits per heavy atom. The molecule has 4 bridgehead atoms. The van der Waals surface area contributed by atoms with Crippen molar-refractivity contribution in [1.82, 2.24) is 19.5 Å². The first-order chi connectivity index (χ1) is 11.6. The summed E-state index contributed by atoms with van der Waals surface area (Å²) in [6.45, 7) is 2.77. The van der Waals surface area contributed by atoms with E-state index in [1.807, 2.05) is 6.26 Å². The van der Waals surface area contributed by atoms with Crippen LogP contribution in [0.5, 0.6) is 0 Å². The number of nitrogens with one attached hydrogen (secondary N) is 1. The van der Waals surface area contributed by atoms with Crippen molar-refractivity contribution in [3.8, 4) is 0 Å². The SMILES string of the molecule is CCCn1c(=O)nc(SC)c2[nH]c(C34CC5CC(CC3C5)C4)nc21. The molecular formula is C18H24N4OS. The second kappa shape index (κ2) is 5.10. The van der Waals surface area contributed by atoms with Crippen LogP contribution in [0.4, 0.5) is 0 Å². The topological polar surface area (TPSA) is 63.6 Å². The number of hydrogen-bond acceptors (Lipinski definition) is 4. The summed E-state index contributed by atoms with van der Waals surface area (Å²) in [5, 5.41) is 0.787. The van der Waals surface area contributed by atoms with Crippen molar-refractivity contribution in [2.45, 2.75) is 62.4 Å². The molecule has 4 fully saturated rings. The summed E-state index contributed by atoms with van der Waals surface area (Å²) in [7, 11) is 0. The highest BCUT2D eigenvalue weighted by Gasteiger charge is 2.59. The van der Waals surface area contributed by atoms with Gasteiger partial charge >= 0.3 is 5.69 Å². The molecule has 0 saturated heterocycles. The molecule has 4 aliphatic rings. The Hall–Kier alpha value is -1.30. The number of aromatic nitrogens is 4. The van der Waals surface area contributed by atoms with Crippen LogP contribution in [0.15, 0.2) is 9.82 Å². The lowest BCUT2D eigenvalue weighted by Gasteiger charge is -2.30. The van der Waals surface area contributed by atoms with Crippen LogP contribution in [0.2, 0.25) is 0 Å². The molecule has 0 radical (unpaired) electrons. The number of imidazole rings is 1. The number of nitrogens with zero attached hydrogens (tertiary/aromatic N) is 3. The predicted octanol–water partition coefficient (Wildman–Crippen LogP) is 3.33. The van der Waals surface area contributed by atoms with Crippen molar-refractivity contribution < 1.29 is 0 Å². The molecule has 0 aromatic carbocycles. The normalized spacial score (nSPS) is 33.8. The van der Waals surface area contributed by atoms with E-state index in [0.717, 1.165) is 46.2 Å². The highest BCUT2D eigenvalue weighted by molar-refractivity contribution is 7.98. The van der Waals surface area contributed by atoms with Crippen LogP contribution in [-0.4, -0.2) is 25.8 Å². The number of fused-ring (bicyclic) bond motifs is 1. The molecule has 0 amide bonds. The number of aryl methyl sites for hydroxylation is 1. The lowest BCUT2D eigenvalue weighted by atomic mass is 9.75. The summed E-state index contributed by atoms with van der Waals surface area (Å²) >= 11 is 1.53. The molecule has 6 rings (SSSR count). The van der Waals surface area contributed by atoms with E-state index in [1.54, 1.807) is 4.57 Å². The minimum absolute atomic E-state index is 0.165. The maximum Gasteiger partial charge on any atom is 0.350 e. The fraction of sp³-hybridized carbons (Fsp3) is 0.722. The summed E-state index contributed by atoms with van der Waals surface area (Å²) in [5.41, 5.74) is 1.86. The first-order valence-electron chi connectivity index (χ1n) is 9.19. The van der Waals surface area contributed by atoms with Crippen LogP contribution < -0.4 is 5.69 Å². The van der Waals surface area contributed by atoms with Crippen molar-refractivity contribution in [3.05, 3.63) is 16.3 Å². The van der Waals surface area contributed by atoms with Crippen LogP contribution >= 0.6 is 11.8 Å². The standard InChI is InChI=1S/C18H24N4OS/c1-3-4-22-14-13(15(24-2)21-17(22)23)19-16(20-14)18-8-10-5-11(9-18)7-12(18)6-10/h10-12H,3-9H2,1-2H3,(H,19,20). The molecule has 2 heterocycles. The van der Waals surface area contributed by atoms with Gasteiger partial charge in [-0.2, -0.15) is 4.98 Å². The summed E-state index contributed by atoms with van der Waals surface area (Å²) in [6, 6.07) is 0. The van der Waals surface area contributed by atoms with Crippen LogP contribution in [0, 0.1) is 17.8 Å². The first kappa shape index (κ1) is 15.0. The number of thioether (sulfide) groups is 1. The Morgan fingerprint density at radius 1 is 1.25 bits per heavy atom. The lowest BCUT2D eigenvalue weighted by Crippen LogP contribution is -2.29. The third kappa shape index (κ3) is 1.86. The van der Waals surface area contributed by atoms with Crippen molar-refractivity contribution in [3.63, 3.8) is 0 Å². The molecule has 24 heavy (non-hydrogen) atoms. The molecule has 2 atom stereocenters. The van der Waals surface area contributed by atoms with E-state index >= 15 is 0 Å². The number of hydrogen-bond donors (Lipinski definition) is 1. The molecule has 4 aliphatic carbocycles. The fourth-order valence-electron chi connectivity index (χ4n) is 5.99. The average molecular weight is 344 g/mol. The van der Waals surface area contributed by atoms with E-state index in [9.17, 15) is 4.79 Å². The Labute approximate surface area is 145 Å². The van der Waals surface area contributed by atoms with Gasteiger partial charge in [0.15, 0.2) is 5.65 Å². The lowest BCUT2D eigenvalue weighted by molar-refractivity contribution is 0.262. The van der Waals surface area contributed by atoms with Gasteiger partial charge in [-0.1, -0.05) is 6.92 Å². The fourth-order valence-corrected chi connectivity index (χ4v) is 6.51. The van der Waals surface area contributed by atoms with Crippen LogP contribution in [0.25, 0.3) is 11.2 Å². The van der Waals surface area contributed by atoms with Gasteiger partial charge in [0.2, 0.25) is 0 Å². The molecule has 5 nitrogen and oxygen atoms in total. The first-order valence-corrected chi connectivity index (χ1v) is 10.4. The number of aromatic amines is 1. The molecule has 2 aromatic heterocycles. The molecule has 0 aliphatic heterocycles. The molecule has 6 heteroatoms. The number of H-pyrrole nitrogens is 1. The zero-order chi connectivity index (χ0) is 16.5. The maximum absolute atomic E-state index is 12.4. The van der Waals surface area contributed by atoms with Crippen molar-refractivity contribution >= 4 is 22.9 Å². The highest BCUT2D eigenvalue weighted by Crippen LogP contribution is 2.65. The molecule has 0 spiro atoms. The minimum Gasteiger partial charge on any atom is -0.338 e. The average Bonchev–Trinajstić information content (AvgIpc) is 3.18. The maximum atomic E-state index is 12.4. The summed E-state index contributed by atoms with van der Waals surface area (Å²) in [6.07, 6.45) is 9.65. The minimum atomic E-state index is -0.165. The number of rotatable bonds is 4. The van der Waals surface area contributed by atoms with E-state index in [0.29, 0.717) is 6.54 Å². The third-order valence-electron chi connectivity index (χ3n) is 6.68. The van der Waals surface area contributed by atoms with Crippen molar-refractivity contribution in [2.75, 3.05) is 6.26 Å². The van der Waals surface area contributed by atoms with Gasteiger partial charge in [-0.05, 0) is 62.5 Å².